The molecule has 0 bridgehead atoms. The lowest BCUT2D eigenvalue weighted by molar-refractivity contribution is -0.154. The lowest BCUT2D eigenvalue weighted by atomic mass is 9.88. The molecule has 0 atom stereocenters. The third kappa shape index (κ3) is 5.47. The van der Waals surface area contributed by atoms with Gasteiger partial charge in [-0.05, 0) is 62.7 Å². The third-order valence-electron chi connectivity index (χ3n) is 5.58. The number of fused-ring (bicyclic) bond motifs is 3. The second kappa shape index (κ2) is 9.37. The molecule has 0 unspecified atom stereocenters. The van der Waals surface area contributed by atoms with Gasteiger partial charge in [-0.3, -0.25) is 23.9 Å². The number of thiocarbonyl (C=S) groups is 1. The number of hydrogen-bond acceptors (Lipinski definition) is 6. The summed E-state index contributed by atoms with van der Waals surface area (Å²) in [5.41, 5.74) is 1.30. The summed E-state index contributed by atoms with van der Waals surface area (Å²) in [5.74, 6) is -0.428. The van der Waals surface area contributed by atoms with Crippen LogP contribution in [0.3, 0.4) is 0 Å². The minimum absolute atomic E-state index is 0.0961. The molecule has 0 saturated heterocycles. The van der Waals surface area contributed by atoms with Crippen molar-refractivity contribution in [2.24, 2.45) is 5.41 Å². The molecule has 10 heteroatoms. The van der Waals surface area contributed by atoms with Crippen LogP contribution in [0.2, 0.25) is 5.02 Å². The Morgan fingerprint density at radius 3 is 2.42 bits per heavy atom. The molecule has 1 aromatic carbocycles. The van der Waals surface area contributed by atoms with Gasteiger partial charge < -0.3 is 14.5 Å². The zero-order chi connectivity index (χ0) is 26.4. The summed E-state index contributed by atoms with van der Waals surface area (Å²) >= 11 is 11.6. The topological polar surface area (TPSA) is 93.8 Å². The van der Waals surface area contributed by atoms with Gasteiger partial charge in [0.15, 0.2) is 10.7 Å². The summed E-state index contributed by atoms with van der Waals surface area (Å²) in [5, 5.41) is 3.55. The van der Waals surface area contributed by atoms with E-state index in [1.807, 2.05) is 32.0 Å². The van der Waals surface area contributed by atoms with E-state index in [1.54, 1.807) is 43.5 Å². The first-order valence-corrected chi connectivity index (χ1v) is 12.3. The molecule has 2 aromatic heterocycles. The number of nitrogens with zero attached hydrogens (tertiary/aromatic N) is 2. The van der Waals surface area contributed by atoms with Gasteiger partial charge in [-0.2, -0.15) is 0 Å². The van der Waals surface area contributed by atoms with E-state index in [2.05, 4.69) is 5.32 Å². The SMILES string of the molecule is CC(C)(CC(=O)NCC(=O)OC(C)(C)C)CN1C(=O)c2cc3oc(-c4ccc(Cl)cc4)cc3n2C1=S. The monoisotopic (exact) mass is 529 g/mol. The summed E-state index contributed by atoms with van der Waals surface area (Å²) in [4.78, 5) is 39.0. The van der Waals surface area contributed by atoms with Crippen molar-refractivity contribution in [3.63, 3.8) is 0 Å². The number of esters is 1. The average Bonchev–Trinajstić information content (AvgIpc) is 3.38. The standard InChI is InChI=1S/C26H28ClN3O5S/c1-25(2,3)35-22(32)13-28-21(31)12-26(4,5)14-29-23(33)18-11-20-17(30(18)24(29)36)10-19(34-20)15-6-8-16(27)9-7-15/h6-11H,12-14H2,1-5H3,(H,28,31). The summed E-state index contributed by atoms with van der Waals surface area (Å²) in [6, 6.07) is 10.8. The number of nitrogens with one attached hydrogen (secondary N) is 1. The Kier molecular flexibility index (Phi) is 6.74. The first kappa shape index (κ1) is 25.9. The van der Waals surface area contributed by atoms with E-state index in [4.69, 9.17) is 33.0 Å². The smallest absolute Gasteiger partial charge is 0.325 e. The summed E-state index contributed by atoms with van der Waals surface area (Å²) in [6.07, 6.45) is 0.0961. The molecule has 1 N–H and O–H groups in total. The first-order chi connectivity index (χ1) is 16.7. The van der Waals surface area contributed by atoms with Crippen LogP contribution in [0.15, 0.2) is 40.8 Å². The van der Waals surface area contributed by atoms with Crippen molar-refractivity contribution in [2.75, 3.05) is 13.1 Å². The molecule has 2 amide bonds. The van der Waals surface area contributed by atoms with Crippen molar-refractivity contribution < 1.29 is 23.5 Å². The highest BCUT2D eigenvalue weighted by Gasteiger charge is 2.39. The average molecular weight is 530 g/mol. The highest BCUT2D eigenvalue weighted by atomic mass is 35.5. The molecule has 0 radical (unpaired) electrons. The quantitative estimate of drug-likeness (QED) is 0.341. The number of hydrogen-bond donors (Lipinski definition) is 1. The van der Waals surface area contributed by atoms with Gasteiger partial charge in [0.05, 0.1) is 5.52 Å². The first-order valence-electron chi connectivity index (χ1n) is 11.5. The zero-order valence-electron chi connectivity index (χ0n) is 20.8. The van der Waals surface area contributed by atoms with E-state index in [1.165, 1.54) is 4.90 Å². The van der Waals surface area contributed by atoms with Crippen molar-refractivity contribution in [3.8, 4) is 11.3 Å². The van der Waals surface area contributed by atoms with Gasteiger partial charge >= 0.3 is 5.97 Å². The predicted molar refractivity (Wildman–Crippen MR) is 141 cm³/mol. The lowest BCUT2D eigenvalue weighted by Crippen LogP contribution is -2.42. The summed E-state index contributed by atoms with van der Waals surface area (Å²) in [7, 11) is 0. The van der Waals surface area contributed by atoms with Crippen molar-refractivity contribution in [3.05, 3.63) is 47.1 Å². The second-order valence-electron chi connectivity index (χ2n) is 10.6. The highest BCUT2D eigenvalue weighted by Crippen LogP contribution is 2.35. The van der Waals surface area contributed by atoms with Crippen LogP contribution in [0.5, 0.6) is 0 Å². The van der Waals surface area contributed by atoms with Crippen LogP contribution in [0.25, 0.3) is 22.4 Å². The van der Waals surface area contributed by atoms with E-state index in [0.717, 1.165) is 5.56 Å². The molecule has 4 rings (SSSR count). The Bertz CT molecular complexity index is 1360. The van der Waals surface area contributed by atoms with Crippen LogP contribution in [-0.4, -0.2) is 51.1 Å². The third-order valence-corrected chi connectivity index (χ3v) is 6.24. The van der Waals surface area contributed by atoms with Gasteiger partial charge in [-0.15, -0.1) is 0 Å². The molecule has 1 aliphatic heterocycles. The van der Waals surface area contributed by atoms with Crippen molar-refractivity contribution in [1.82, 2.24) is 14.8 Å². The van der Waals surface area contributed by atoms with Gasteiger partial charge in [0.2, 0.25) is 5.91 Å². The molecule has 1 aliphatic rings. The molecular weight excluding hydrogens is 502 g/mol. The number of benzene rings is 1. The summed E-state index contributed by atoms with van der Waals surface area (Å²) < 4.78 is 12.9. The lowest BCUT2D eigenvalue weighted by Gasteiger charge is -2.29. The molecular formula is C26H28ClN3O5S. The molecule has 3 heterocycles. The van der Waals surface area contributed by atoms with Gasteiger partial charge in [0.25, 0.3) is 5.91 Å². The fraction of sp³-hybridized carbons (Fsp3) is 0.385. The molecule has 0 saturated carbocycles. The second-order valence-corrected chi connectivity index (χ2v) is 11.4. The maximum absolute atomic E-state index is 13.2. The molecule has 8 nitrogen and oxygen atoms in total. The number of ether oxygens (including phenoxy) is 1. The Morgan fingerprint density at radius 2 is 1.78 bits per heavy atom. The van der Waals surface area contributed by atoms with E-state index < -0.39 is 17.0 Å². The van der Waals surface area contributed by atoms with Crippen LogP contribution in [0, 0.1) is 5.41 Å². The minimum Gasteiger partial charge on any atom is -0.459 e. The van der Waals surface area contributed by atoms with E-state index in [-0.39, 0.29) is 31.3 Å². The highest BCUT2D eigenvalue weighted by molar-refractivity contribution is 7.80. The fourth-order valence-corrected chi connectivity index (χ4v) is 4.60. The molecule has 36 heavy (non-hydrogen) atoms. The zero-order valence-corrected chi connectivity index (χ0v) is 22.4. The summed E-state index contributed by atoms with van der Waals surface area (Å²) in [6.45, 7) is 9.04. The van der Waals surface area contributed by atoms with Crippen LogP contribution in [0.4, 0.5) is 0 Å². The van der Waals surface area contributed by atoms with Gasteiger partial charge in [-0.1, -0.05) is 25.4 Å². The molecule has 0 aliphatic carbocycles. The number of aromatic nitrogens is 1. The number of carbonyl (C=O) groups excluding carboxylic acids is 3. The van der Waals surface area contributed by atoms with E-state index >= 15 is 0 Å². The van der Waals surface area contributed by atoms with Crippen molar-refractivity contribution in [1.29, 1.82) is 0 Å². The molecule has 0 fully saturated rings. The molecule has 190 valence electrons. The molecule has 3 aromatic rings. The number of amides is 2. The number of halogens is 1. The van der Waals surface area contributed by atoms with E-state index in [0.29, 0.717) is 32.7 Å². The maximum Gasteiger partial charge on any atom is 0.325 e. The number of carbonyl (C=O) groups is 3. The van der Waals surface area contributed by atoms with Gasteiger partial charge in [0, 0.05) is 35.7 Å². The number of furan rings is 1. The minimum atomic E-state index is -0.626. The normalized spacial score (nSPS) is 13.9. The Balaban J connectivity index is 1.44. The maximum atomic E-state index is 13.2. The van der Waals surface area contributed by atoms with E-state index in [9.17, 15) is 14.4 Å². The van der Waals surface area contributed by atoms with Crippen LogP contribution < -0.4 is 5.32 Å². The Morgan fingerprint density at radius 1 is 1.11 bits per heavy atom. The fourth-order valence-electron chi connectivity index (χ4n) is 4.13. The molecule has 0 spiro atoms. The van der Waals surface area contributed by atoms with Crippen LogP contribution in [0.1, 0.15) is 51.5 Å². The number of rotatable bonds is 7. The van der Waals surface area contributed by atoms with Crippen molar-refractivity contribution in [2.45, 2.75) is 46.6 Å². The van der Waals surface area contributed by atoms with Crippen LogP contribution in [-0.2, 0) is 14.3 Å². The Labute approximate surface area is 219 Å². The van der Waals surface area contributed by atoms with Gasteiger partial charge in [-0.25, -0.2) is 0 Å². The predicted octanol–water partition coefficient (Wildman–Crippen LogP) is 5.02. The van der Waals surface area contributed by atoms with Gasteiger partial charge in [0.1, 0.15) is 23.6 Å². The van der Waals surface area contributed by atoms with Crippen molar-refractivity contribution >= 4 is 57.8 Å². The van der Waals surface area contributed by atoms with Crippen LogP contribution >= 0.6 is 23.8 Å². The largest absolute Gasteiger partial charge is 0.459 e. The Hall–Kier alpha value is -3.17.